The molecule has 1 aromatic heterocycles. The number of halogens is 4. The fourth-order valence-corrected chi connectivity index (χ4v) is 1.68. The van der Waals surface area contributed by atoms with Gasteiger partial charge in [-0.25, -0.2) is 0 Å². The van der Waals surface area contributed by atoms with E-state index in [0.717, 1.165) is 6.07 Å². The Morgan fingerprint density at radius 2 is 2.05 bits per heavy atom. The molecule has 0 saturated heterocycles. The third-order valence-corrected chi connectivity index (χ3v) is 2.64. The van der Waals surface area contributed by atoms with Gasteiger partial charge in [0.05, 0.1) is 13.0 Å². The summed E-state index contributed by atoms with van der Waals surface area (Å²) in [4.78, 5) is 0. The van der Waals surface area contributed by atoms with Gasteiger partial charge in [0.1, 0.15) is 17.2 Å². The Kier molecular flexibility index (Phi) is 4.08. The van der Waals surface area contributed by atoms with Gasteiger partial charge in [0, 0.05) is 17.7 Å². The van der Waals surface area contributed by atoms with E-state index in [1.54, 1.807) is 0 Å². The molecule has 4 nitrogen and oxygen atoms in total. The van der Waals surface area contributed by atoms with Crippen molar-refractivity contribution in [3.63, 3.8) is 0 Å². The summed E-state index contributed by atoms with van der Waals surface area (Å²) >= 11 is 5.56. The topological polar surface area (TPSA) is 44.5 Å². The molecule has 8 heteroatoms. The van der Waals surface area contributed by atoms with Crippen LogP contribution in [0.5, 0.6) is 11.5 Å². The summed E-state index contributed by atoms with van der Waals surface area (Å²) in [6, 6.07) is 5.46. The van der Waals surface area contributed by atoms with Crippen LogP contribution in [0.1, 0.15) is 5.76 Å². The summed E-state index contributed by atoms with van der Waals surface area (Å²) < 4.78 is 51.0. The van der Waals surface area contributed by atoms with Crippen molar-refractivity contribution < 1.29 is 27.2 Å². The van der Waals surface area contributed by atoms with Crippen LogP contribution in [0.4, 0.5) is 13.2 Å². The fourth-order valence-electron chi connectivity index (χ4n) is 1.55. The zero-order valence-corrected chi connectivity index (χ0v) is 11.0. The maximum absolute atomic E-state index is 12.4. The second-order valence-electron chi connectivity index (χ2n) is 3.72. The van der Waals surface area contributed by atoms with Gasteiger partial charge < -0.3 is 14.0 Å². The Hall–Kier alpha value is -1.89. The summed E-state index contributed by atoms with van der Waals surface area (Å²) in [5, 5.41) is 3.66. The van der Waals surface area contributed by atoms with Crippen molar-refractivity contribution >= 4 is 11.6 Å². The average Bonchev–Trinajstić information content (AvgIpc) is 2.85. The number of hydrogen-bond donors (Lipinski definition) is 0. The first-order valence-corrected chi connectivity index (χ1v) is 5.92. The first kappa shape index (κ1) is 14.5. The number of methoxy groups -OCH3 is 1. The first-order chi connectivity index (χ1) is 9.43. The van der Waals surface area contributed by atoms with Crippen molar-refractivity contribution in [1.82, 2.24) is 5.16 Å². The van der Waals surface area contributed by atoms with Crippen LogP contribution in [0.25, 0.3) is 11.3 Å². The Bertz CT molecular complexity index is 598. The molecule has 0 saturated carbocycles. The quantitative estimate of drug-likeness (QED) is 0.801. The highest BCUT2D eigenvalue weighted by atomic mass is 35.5. The fraction of sp³-hybridized carbons (Fsp3) is 0.250. The second-order valence-corrected chi connectivity index (χ2v) is 3.99. The summed E-state index contributed by atoms with van der Waals surface area (Å²) in [6.45, 7) is 0. The van der Waals surface area contributed by atoms with Crippen molar-refractivity contribution in [1.29, 1.82) is 0 Å². The molecule has 0 aliphatic carbocycles. The van der Waals surface area contributed by atoms with Crippen molar-refractivity contribution in [2.75, 3.05) is 7.11 Å². The van der Waals surface area contributed by atoms with Crippen LogP contribution in [-0.4, -0.2) is 18.6 Å². The molecule has 0 fully saturated rings. The molecule has 0 aliphatic heterocycles. The van der Waals surface area contributed by atoms with Crippen LogP contribution in [0.2, 0.25) is 0 Å². The van der Waals surface area contributed by atoms with E-state index < -0.39 is 12.1 Å². The molecule has 0 atom stereocenters. The van der Waals surface area contributed by atoms with E-state index >= 15 is 0 Å². The molecule has 0 aliphatic rings. The predicted molar refractivity (Wildman–Crippen MR) is 64.7 cm³/mol. The number of hydrogen-bond acceptors (Lipinski definition) is 4. The summed E-state index contributed by atoms with van der Waals surface area (Å²) in [6.07, 6.45) is -4.82. The number of benzene rings is 1. The molecule has 1 aromatic carbocycles. The standard InChI is InChI=1S/C12H9ClF3NO3/c1-18-7-2-3-9(10-4-8(6-13)20-17-10)11(5-7)19-12(14,15)16/h2-5H,6H2,1H3. The number of alkyl halides is 4. The van der Waals surface area contributed by atoms with E-state index in [9.17, 15) is 13.2 Å². The molecule has 2 rings (SSSR count). The maximum Gasteiger partial charge on any atom is 0.573 e. The lowest BCUT2D eigenvalue weighted by Crippen LogP contribution is -2.17. The summed E-state index contributed by atoms with van der Waals surface area (Å²) in [7, 11) is 1.34. The Balaban J connectivity index is 2.45. The minimum Gasteiger partial charge on any atom is -0.497 e. The third kappa shape index (κ3) is 3.36. The van der Waals surface area contributed by atoms with Crippen molar-refractivity contribution in [3.8, 4) is 22.8 Å². The monoisotopic (exact) mass is 307 g/mol. The van der Waals surface area contributed by atoms with Crippen molar-refractivity contribution in [3.05, 3.63) is 30.0 Å². The van der Waals surface area contributed by atoms with Gasteiger partial charge in [-0.3, -0.25) is 0 Å². The van der Waals surface area contributed by atoms with E-state index in [4.69, 9.17) is 20.9 Å². The minimum atomic E-state index is -4.82. The van der Waals surface area contributed by atoms with Gasteiger partial charge in [-0.05, 0) is 12.1 Å². The van der Waals surface area contributed by atoms with Gasteiger partial charge in [-0.1, -0.05) is 5.16 Å². The number of ether oxygens (including phenoxy) is 2. The van der Waals surface area contributed by atoms with Crippen molar-refractivity contribution in [2.45, 2.75) is 12.2 Å². The van der Waals surface area contributed by atoms with Crippen LogP contribution >= 0.6 is 11.6 Å². The third-order valence-electron chi connectivity index (χ3n) is 2.38. The van der Waals surface area contributed by atoms with Crippen molar-refractivity contribution in [2.24, 2.45) is 0 Å². The molecule has 0 radical (unpaired) electrons. The van der Waals surface area contributed by atoms with Crippen LogP contribution in [0.3, 0.4) is 0 Å². The second kappa shape index (κ2) is 5.62. The Morgan fingerprint density at radius 3 is 2.60 bits per heavy atom. The number of rotatable bonds is 4. The van der Waals surface area contributed by atoms with Crippen LogP contribution in [0, 0.1) is 0 Å². The van der Waals surface area contributed by atoms with Gasteiger partial charge in [0.15, 0.2) is 5.76 Å². The molecule has 0 spiro atoms. The minimum absolute atomic E-state index is 0.0681. The summed E-state index contributed by atoms with van der Waals surface area (Å²) in [5.41, 5.74) is 0.325. The predicted octanol–water partition coefficient (Wildman–Crippen LogP) is 3.99. The molecule has 1 heterocycles. The van der Waals surface area contributed by atoms with Gasteiger partial charge in [0.25, 0.3) is 0 Å². The highest BCUT2D eigenvalue weighted by molar-refractivity contribution is 6.16. The molecule has 0 N–H and O–H groups in total. The molecule has 20 heavy (non-hydrogen) atoms. The zero-order chi connectivity index (χ0) is 14.8. The van der Waals surface area contributed by atoms with Gasteiger partial charge in [0.2, 0.25) is 0 Å². The SMILES string of the molecule is COc1ccc(-c2cc(CCl)on2)c(OC(F)(F)F)c1. The highest BCUT2D eigenvalue weighted by Crippen LogP contribution is 2.36. The van der Waals surface area contributed by atoms with Crippen LogP contribution in [-0.2, 0) is 5.88 Å². The Labute approximate surface area is 117 Å². The smallest absolute Gasteiger partial charge is 0.497 e. The molecule has 0 amide bonds. The zero-order valence-electron chi connectivity index (χ0n) is 10.2. The normalized spacial score (nSPS) is 11.4. The molecule has 2 aromatic rings. The Morgan fingerprint density at radius 1 is 1.30 bits per heavy atom. The van der Waals surface area contributed by atoms with E-state index in [1.807, 2.05) is 0 Å². The molecule has 108 valence electrons. The lowest BCUT2D eigenvalue weighted by molar-refractivity contribution is -0.274. The number of nitrogens with zero attached hydrogens (tertiary/aromatic N) is 1. The van der Waals surface area contributed by atoms with E-state index in [-0.39, 0.29) is 22.9 Å². The van der Waals surface area contributed by atoms with E-state index in [2.05, 4.69) is 9.89 Å². The lowest BCUT2D eigenvalue weighted by atomic mass is 10.1. The molecule has 0 bridgehead atoms. The van der Waals surface area contributed by atoms with Gasteiger partial charge in [-0.2, -0.15) is 0 Å². The average molecular weight is 308 g/mol. The van der Waals surface area contributed by atoms with E-state index in [0.29, 0.717) is 5.76 Å². The largest absolute Gasteiger partial charge is 0.573 e. The number of aromatic nitrogens is 1. The molecule has 0 unspecified atom stereocenters. The van der Waals surface area contributed by atoms with Crippen LogP contribution < -0.4 is 9.47 Å². The molecular weight excluding hydrogens is 299 g/mol. The van der Waals surface area contributed by atoms with Crippen LogP contribution in [0.15, 0.2) is 28.8 Å². The lowest BCUT2D eigenvalue weighted by Gasteiger charge is -2.13. The van der Waals surface area contributed by atoms with Gasteiger partial charge >= 0.3 is 6.36 Å². The maximum atomic E-state index is 12.4. The first-order valence-electron chi connectivity index (χ1n) is 5.38. The molecular formula is C12H9ClF3NO3. The van der Waals surface area contributed by atoms with E-state index in [1.165, 1.54) is 25.3 Å². The summed E-state index contributed by atoms with van der Waals surface area (Å²) in [5.74, 6) is 0.217. The van der Waals surface area contributed by atoms with Gasteiger partial charge in [-0.15, -0.1) is 24.8 Å². The highest BCUT2D eigenvalue weighted by Gasteiger charge is 2.32.